The summed E-state index contributed by atoms with van der Waals surface area (Å²) >= 11 is 0. The largest absolute Gasteiger partial charge is 0.497 e. The number of nitrogens with zero attached hydrogens (tertiary/aromatic N) is 2. The second-order valence-corrected chi connectivity index (χ2v) is 6.70. The van der Waals surface area contributed by atoms with Gasteiger partial charge >= 0.3 is 0 Å². The Labute approximate surface area is 197 Å². The summed E-state index contributed by atoms with van der Waals surface area (Å²) < 4.78 is 16.0. The number of likely N-dealkylation sites (N-methyl/N-ethyl adjacent to an activating group) is 1. The molecule has 7 heteroatoms. The van der Waals surface area contributed by atoms with Crippen molar-refractivity contribution in [3.8, 4) is 17.2 Å². The number of methoxy groups -OCH3 is 3. The molecule has 0 unspecified atom stereocenters. The van der Waals surface area contributed by atoms with Crippen LogP contribution in [-0.2, 0) is 12.8 Å². The number of halogens is 1. The third kappa shape index (κ3) is 7.93. The molecule has 2 aromatic rings. The summed E-state index contributed by atoms with van der Waals surface area (Å²) in [4.78, 5) is 6.94. The molecule has 0 aliphatic carbocycles. The van der Waals surface area contributed by atoms with E-state index >= 15 is 0 Å². The van der Waals surface area contributed by atoms with Crippen molar-refractivity contribution in [1.29, 1.82) is 0 Å². The SMILES string of the molecule is CCNC(=NCCc1cccc(OC)c1)N(C)CCc1ccc(OC)c(OC)c1.I. The molecule has 0 spiro atoms. The van der Waals surface area contributed by atoms with Crippen molar-refractivity contribution in [2.75, 3.05) is 48.0 Å². The highest BCUT2D eigenvalue weighted by Gasteiger charge is 2.08. The highest BCUT2D eigenvalue weighted by molar-refractivity contribution is 14.0. The third-order valence-corrected chi connectivity index (χ3v) is 4.68. The van der Waals surface area contributed by atoms with E-state index in [2.05, 4.69) is 42.4 Å². The predicted octanol–water partition coefficient (Wildman–Crippen LogP) is 4.01. The molecule has 166 valence electrons. The number of benzene rings is 2. The number of guanidine groups is 1. The summed E-state index contributed by atoms with van der Waals surface area (Å²) in [5.41, 5.74) is 2.42. The van der Waals surface area contributed by atoms with Gasteiger partial charge in [-0.05, 0) is 55.2 Å². The molecule has 0 amide bonds. The summed E-state index contributed by atoms with van der Waals surface area (Å²) in [7, 11) is 7.06. The van der Waals surface area contributed by atoms with Crippen molar-refractivity contribution in [2.45, 2.75) is 19.8 Å². The van der Waals surface area contributed by atoms with Crippen LogP contribution in [0.15, 0.2) is 47.5 Å². The van der Waals surface area contributed by atoms with Gasteiger partial charge in [0, 0.05) is 26.7 Å². The van der Waals surface area contributed by atoms with E-state index in [-0.39, 0.29) is 24.0 Å². The first-order valence-corrected chi connectivity index (χ1v) is 9.94. The van der Waals surface area contributed by atoms with Crippen molar-refractivity contribution in [3.63, 3.8) is 0 Å². The number of hydrogen-bond donors (Lipinski definition) is 1. The van der Waals surface area contributed by atoms with Gasteiger partial charge in [-0.15, -0.1) is 24.0 Å². The van der Waals surface area contributed by atoms with Gasteiger partial charge in [-0.1, -0.05) is 18.2 Å². The molecule has 0 aliphatic rings. The summed E-state index contributed by atoms with van der Waals surface area (Å²) in [6.07, 6.45) is 1.76. The molecular weight excluding hydrogens is 493 g/mol. The zero-order valence-electron chi connectivity index (χ0n) is 18.6. The van der Waals surface area contributed by atoms with E-state index in [0.717, 1.165) is 55.7 Å². The molecule has 0 atom stereocenters. The van der Waals surface area contributed by atoms with Crippen LogP contribution in [0.5, 0.6) is 17.2 Å². The van der Waals surface area contributed by atoms with E-state index in [1.165, 1.54) is 11.1 Å². The van der Waals surface area contributed by atoms with Crippen LogP contribution in [0.2, 0.25) is 0 Å². The lowest BCUT2D eigenvalue weighted by Gasteiger charge is -2.22. The second kappa shape index (κ2) is 14.0. The maximum Gasteiger partial charge on any atom is 0.193 e. The predicted molar refractivity (Wildman–Crippen MR) is 134 cm³/mol. The first kappa shape index (κ1) is 25.9. The molecular formula is C23H34IN3O3. The first-order chi connectivity index (χ1) is 14.1. The Bertz CT molecular complexity index is 799. The molecule has 0 fully saturated rings. The highest BCUT2D eigenvalue weighted by Crippen LogP contribution is 2.27. The normalized spacial score (nSPS) is 10.8. The van der Waals surface area contributed by atoms with Gasteiger partial charge in [-0.25, -0.2) is 0 Å². The Hall–Kier alpha value is -2.16. The van der Waals surface area contributed by atoms with Crippen LogP contribution in [0.4, 0.5) is 0 Å². The van der Waals surface area contributed by atoms with Crippen molar-refractivity contribution < 1.29 is 14.2 Å². The number of hydrogen-bond acceptors (Lipinski definition) is 4. The summed E-state index contributed by atoms with van der Waals surface area (Å²) in [6, 6.07) is 14.2. The van der Waals surface area contributed by atoms with Gasteiger partial charge in [-0.2, -0.15) is 0 Å². The third-order valence-electron chi connectivity index (χ3n) is 4.68. The quantitative estimate of drug-likeness (QED) is 0.288. The van der Waals surface area contributed by atoms with Gasteiger partial charge in [0.25, 0.3) is 0 Å². The summed E-state index contributed by atoms with van der Waals surface area (Å²) in [5, 5.41) is 3.37. The Kier molecular flexibility index (Phi) is 12.0. The fraction of sp³-hybridized carbons (Fsp3) is 0.435. The van der Waals surface area contributed by atoms with Crippen LogP contribution in [0.1, 0.15) is 18.1 Å². The molecule has 2 rings (SSSR count). The van der Waals surface area contributed by atoms with E-state index < -0.39 is 0 Å². The molecule has 6 nitrogen and oxygen atoms in total. The molecule has 0 saturated heterocycles. The Balaban J connectivity index is 0.00000450. The zero-order chi connectivity index (χ0) is 21.1. The second-order valence-electron chi connectivity index (χ2n) is 6.70. The maximum atomic E-state index is 5.40. The van der Waals surface area contributed by atoms with Crippen molar-refractivity contribution >= 4 is 29.9 Å². The molecule has 0 radical (unpaired) electrons. The van der Waals surface area contributed by atoms with Gasteiger partial charge < -0.3 is 24.4 Å². The number of rotatable bonds is 10. The van der Waals surface area contributed by atoms with Gasteiger partial charge in [0.1, 0.15) is 5.75 Å². The minimum absolute atomic E-state index is 0. The molecule has 0 saturated carbocycles. The Morgan fingerprint density at radius 1 is 0.933 bits per heavy atom. The standard InChI is InChI=1S/C23H33N3O3.HI/c1-6-24-23(25-14-12-18-8-7-9-20(16-18)27-3)26(2)15-13-19-10-11-21(28-4)22(17-19)29-5;/h7-11,16-17H,6,12-15H2,1-5H3,(H,24,25);1H. The average Bonchev–Trinajstić information content (AvgIpc) is 2.76. The fourth-order valence-corrected chi connectivity index (χ4v) is 3.03. The van der Waals surface area contributed by atoms with Crippen molar-refractivity contribution in [2.24, 2.45) is 4.99 Å². The van der Waals surface area contributed by atoms with E-state index in [4.69, 9.17) is 19.2 Å². The molecule has 0 aromatic heterocycles. The smallest absolute Gasteiger partial charge is 0.193 e. The van der Waals surface area contributed by atoms with E-state index in [1.54, 1.807) is 21.3 Å². The minimum Gasteiger partial charge on any atom is -0.497 e. The molecule has 0 bridgehead atoms. The van der Waals surface area contributed by atoms with Crippen LogP contribution < -0.4 is 19.5 Å². The highest BCUT2D eigenvalue weighted by atomic mass is 127. The van der Waals surface area contributed by atoms with Gasteiger partial charge in [0.05, 0.1) is 21.3 Å². The molecule has 2 aromatic carbocycles. The molecule has 0 heterocycles. The number of ether oxygens (including phenoxy) is 3. The Morgan fingerprint density at radius 2 is 1.67 bits per heavy atom. The van der Waals surface area contributed by atoms with Gasteiger partial charge in [0.2, 0.25) is 0 Å². The minimum atomic E-state index is 0. The van der Waals surface area contributed by atoms with Crippen LogP contribution in [0, 0.1) is 0 Å². The van der Waals surface area contributed by atoms with Gasteiger partial charge in [-0.3, -0.25) is 4.99 Å². The topological polar surface area (TPSA) is 55.3 Å². The van der Waals surface area contributed by atoms with Crippen molar-refractivity contribution in [1.82, 2.24) is 10.2 Å². The van der Waals surface area contributed by atoms with E-state index in [1.807, 2.05) is 24.3 Å². The Morgan fingerprint density at radius 3 is 2.33 bits per heavy atom. The molecule has 0 aliphatic heterocycles. The maximum absolute atomic E-state index is 5.40. The lowest BCUT2D eigenvalue weighted by atomic mass is 10.1. The first-order valence-electron chi connectivity index (χ1n) is 9.94. The monoisotopic (exact) mass is 527 g/mol. The molecule has 30 heavy (non-hydrogen) atoms. The van der Waals surface area contributed by atoms with Crippen LogP contribution in [0.3, 0.4) is 0 Å². The van der Waals surface area contributed by atoms with Crippen LogP contribution in [-0.4, -0.2) is 58.9 Å². The lowest BCUT2D eigenvalue weighted by molar-refractivity contribution is 0.354. The summed E-state index contributed by atoms with van der Waals surface area (Å²) in [5.74, 6) is 3.30. The number of aliphatic imine (C=N–C) groups is 1. The summed E-state index contributed by atoms with van der Waals surface area (Å²) in [6.45, 7) is 4.48. The molecule has 1 N–H and O–H groups in total. The lowest BCUT2D eigenvalue weighted by Crippen LogP contribution is -2.40. The zero-order valence-corrected chi connectivity index (χ0v) is 20.9. The fourth-order valence-electron chi connectivity index (χ4n) is 3.03. The van der Waals surface area contributed by atoms with E-state index in [9.17, 15) is 0 Å². The van der Waals surface area contributed by atoms with Crippen LogP contribution in [0.25, 0.3) is 0 Å². The van der Waals surface area contributed by atoms with Gasteiger partial charge in [0.15, 0.2) is 17.5 Å². The average molecular weight is 527 g/mol. The van der Waals surface area contributed by atoms with Crippen LogP contribution >= 0.6 is 24.0 Å². The van der Waals surface area contributed by atoms with E-state index in [0.29, 0.717) is 0 Å². The van der Waals surface area contributed by atoms with Crippen molar-refractivity contribution in [3.05, 3.63) is 53.6 Å². The number of nitrogens with one attached hydrogen (secondary N) is 1.